The number of hydrogen-bond acceptors (Lipinski definition) is 3. The van der Waals surface area contributed by atoms with Gasteiger partial charge in [0.25, 0.3) is 28.4 Å². The smallest absolute Gasteiger partial charge is 0.215 e. The maximum atomic E-state index is 15.1. The predicted molar refractivity (Wildman–Crippen MR) is 137 cm³/mol. The van der Waals surface area contributed by atoms with E-state index >= 15 is 26.3 Å². The van der Waals surface area contributed by atoms with Crippen LogP contribution in [0.1, 0.15) is 17.5 Å². The van der Waals surface area contributed by atoms with E-state index in [9.17, 15) is 79.0 Å². The van der Waals surface area contributed by atoms with Crippen LogP contribution in [0.25, 0.3) is 0 Å². The Hall–Kier alpha value is -0.0600. The van der Waals surface area contributed by atoms with Crippen LogP contribution in [-0.2, 0) is 17.8 Å². The third-order valence-electron chi connectivity index (χ3n) is 6.10. The molecule has 1 rings (SSSR count). The molecule has 1 aromatic heterocycles. The van der Waals surface area contributed by atoms with Gasteiger partial charge in [0.2, 0.25) is 17.5 Å². The fourth-order valence-electron chi connectivity index (χ4n) is 2.94. The zero-order valence-electron chi connectivity index (χ0n) is 22.8. The summed E-state index contributed by atoms with van der Waals surface area (Å²) in [6, 6.07) is 0. The molecule has 3 nitrogen and oxygen atoms in total. The molecule has 0 aliphatic rings. The summed E-state index contributed by atoms with van der Waals surface area (Å²) in [6.07, 6.45) is -20.9. The molecule has 0 radical (unpaired) electrons. The van der Waals surface area contributed by atoms with Gasteiger partial charge in [0.15, 0.2) is 0 Å². The number of rotatable bonds is 12. The molecule has 0 N–H and O–H groups in total. The Morgan fingerprint density at radius 3 is 0.500 bits per heavy atom. The van der Waals surface area contributed by atoms with Crippen molar-refractivity contribution < 1.29 is 105 Å². The summed E-state index contributed by atoms with van der Waals surface area (Å²) >= 11 is 38.0. The van der Waals surface area contributed by atoms with Gasteiger partial charge < -0.3 is 0 Å². The Balaban J connectivity index is 4.63. The minimum atomic E-state index is -7.87. The predicted octanol–water partition coefficient (Wildman–Crippen LogP) is 13.0. The van der Waals surface area contributed by atoms with Crippen LogP contribution in [0, 0.1) is 0 Å². The average molecular weight is 1030 g/mol. The second kappa shape index (κ2) is 13.7. The highest BCUT2D eigenvalue weighted by atomic mass is 35.5. The van der Waals surface area contributed by atoms with Crippen molar-refractivity contribution in [3.63, 3.8) is 0 Å². The molecule has 0 aliphatic heterocycles. The van der Waals surface area contributed by atoms with Crippen molar-refractivity contribution in [1.82, 2.24) is 15.0 Å². The van der Waals surface area contributed by atoms with E-state index in [1.807, 2.05) is 0 Å². The molecule has 0 spiro atoms. The molecule has 0 amide bonds. The van der Waals surface area contributed by atoms with Crippen molar-refractivity contribution in [2.24, 2.45) is 0 Å². The quantitative estimate of drug-likeness (QED) is 0.155. The molecule has 1 aromatic rings. The van der Waals surface area contributed by atoms with E-state index in [1.54, 1.807) is 0 Å². The van der Waals surface area contributed by atoms with Gasteiger partial charge in [0, 0.05) is 0 Å². The lowest BCUT2D eigenvalue weighted by Gasteiger charge is -2.41. The molecule has 0 fully saturated rings. The molecular formula is C18Cl9F24N3. The van der Waals surface area contributed by atoms with Crippen LogP contribution in [0.5, 0.6) is 0 Å². The van der Waals surface area contributed by atoms with Crippen LogP contribution >= 0.6 is 104 Å². The molecule has 36 heteroatoms. The Labute approximate surface area is 323 Å². The summed E-state index contributed by atoms with van der Waals surface area (Å²) in [5.41, 5.74) is 0. The average Bonchev–Trinajstić information content (AvgIpc) is 2.94. The molecule has 0 saturated carbocycles. The van der Waals surface area contributed by atoms with Crippen LogP contribution in [0.4, 0.5) is 105 Å². The van der Waals surface area contributed by atoms with E-state index in [-0.39, 0.29) is 0 Å². The van der Waals surface area contributed by atoms with Gasteiger partial charge in [-0.05, 0) is 0 Å². The van der Waals surface area contributed by atoms with Crippen LogP contribution < -0.4 is 0 Å². The molecule has 0 saturated heterocycles. The number of aromatic nitrogens is 3. The van der Waals surface area contributed by atoms with Crippen molar-refractivity contribution in [3.05, 3.63) is 17.5 Å². The summed E-state index contributed by atoms with van der Waals surface area (Å²) in [7, 11) is 0. The van der Waals surface area contributed by atoms with E-state index in [0.29, 0.717) is 0 Å². The van der Waals surface area contributed by atoms with Gasteiger partial charge >= 0.3 is 54.1 Å². The second-order valence-electron chi connectivity index (χ2n) is 9.69. The standard InChI is InChI=1S/C18Cl9F24N3/c19-7(20,16(43,44)45)10(25,34)13(37,38)4(28,29)1-52-2(5(30,31)14(39,40)11(26,35)8(21,22)17(46,47)48)54-3(53-1)6(32,33)15(41,42)12(27,36)9(23,24)18(49,50)51. The van der Waals surface area contributed by atoms with Gasteiger partial charge in [-0.15, -0.1) is 0 Å². The molecule has 54 heavy (non-hydrogen) atoms. The summed E-state index contributed by atoms with van der Waals surface area (Å²) in [5, 5.41) is -20.8. The molecule has 318 valence electrons. The van der Waals surface area contributed by atoms with Crippen molar-refractivity contribution >= 4 is 104 Å². The highest BCUT2D eigenvalue weighted by molar-refractivity contribution is 6.55. The van der Waals surface area contributed by atoms with Crippen molar-refractivity contribution in [3.8, 4) is 0 Å². The third kappa shape index (κ3) is 7.08. The van der Waals surface area contributed by atoms with Gasteiger partial charge in [-0.25, -0.2) is 28.1 Å². The van der Waals surface area contributed by atoms with E-state index < -0.39 is 99.9 Å². The number of hydrogen-bond donors (Lipinski definition) is 0. The highest BCUT2D eigenvalue weighted by Crippen LogP contribution is 2.66. The van der Waals surface area contributed by atoms with Gasteiger partial charge in [-0.2, -0.15) is 92.2 Å². The molecule has 3 atom stereocenters. The molecule has 0 bridgehead atoms. The van der Waals surface area contributed by atoms with E-state index in [4.69, 9.17) is 0 Å². The minimum Gasteiger partial charge on any atom is -0.215 e. The lowest BCUT2D eigenvalue weighted by molar-refractivity contribution is -0.291. The fourth-order valence-corrected chi connectivity index (χ4v) is 4.32. The minimum absolute atomic E-state index is 1.17. The van der Waals surface area contributed by atoms with Crippen LogP contribution in [0.3, 0.4) is 0 Å². The zero-order valence-corrected chi connectivity index (χ0v) is 29.6. The molecule has 0 aliphatic carbocycles. The first-order chi connectivity index (χ1) is 22.8. The van der Waals surface area contributed by atoms with Crippen LogP contribution in [0.2, 0.25) is 0 Å². The topological polar surface area (TPSA) is 38.7 Å². The summed E-state index contributed by atoms with van der Waals surface area (Å²) < 4.78 is 323. The van der Waals surface area contributed by atoms with E-state index in [2.05, 4.69) is 104 Å². The van der Waals surface area contributed by atoms with Crippen molar-refractivity contribution in [2.45, 2.75) is 82.4 Å². The number of alkyl halides is 33. The zero-order chi connectivity index (χ0) is 44.4. The van der Waals surface area contributed by atoms with Gasteiger partial charge in [0.05, 0.1) is 0 Å². The van der Waals surface area contributed by atoms with Gasteiger partial charge in [-0.3, -0.25) is 0 Å². The Morgan fingerprint density at radius 1 is 0.259 bits per heavy atom. The highest BCUT2D eigenvalue weighted by Gasteiger charge is 2.87. The first kappa shape index (κ1) is 52.0. The van der Waals surface area contributed by atoms with Crippen LogP contribution in [0.15, 0.2) is 0 Å². The SMILES string of the molecule is FC(F)(F)C(Cl)(Cl)C(F)(Cl)C(F)(F)C(F)(F)c1nc(C(F)(F)C(F)(F)C(F)(Cl)C(Cl)(Cl)C(F)(F)F)nc(C(F)(F)C(F)(F)C(F)(Cl)C(Cl)(Cl)C(F)(F)F)n1. The molecule has 3 unspecified atom stereocenters. The number of nitrogens with zero attached hydrogens (tertiary/aromatic N) is 3. The lowest BCUT2D eigenvalue weighted by Crippen LogP contribution is -2.65. The summed E-state index contributed by atoms with van der Waals surface area (Å²) in [4.78, 5) is 3.50. The van der Waals surface area contributed by atoms with Gasteiger partial charge in [0.1, 0.15) is 0 Å². The third-order valence-corrected chi connectivity index (χ3v) is 11.1. The number of halogens is 33. The normalized spacial score (nSPS) is 19.3. The maximum absolute atomic E-state index is 15.1. The van der Waals surface area contributed by atoms with E-state index in [0.717, 1.165) is 0 Å². The van der Waals surface area contributed by atoms with E-state index in [1.165, 1.54) is 15.0 Å². The van der Waals surface area contributed by atoms with Gasteiger partial charge in [-0.1, -0.05) is 104 Å². The van der Waals surface area contributed by atoms with Crippen LogP contribution in [-0.4, -0.2) is 79.6 Å². The first-order valence-electron chi connectivity index (χ1n) is 11.3. The Bertz CT molecular complexity index is 1380. The monoisotopic (exact) mass is 1030 g/mol. The Kier molecular flexibility index (Phi) is 13.2. The molecular weight excluding hydrogens is 1030 g/mol. The summed E-state index contributed by atoms with van der Waals surface area (Å²) in [5.74, 6) is -60.5. The lowest BCUT2D eigenvalue weighted by atomic mass is 9.98. The Morgan fingerprint density at radius 2 is 0.389 bits per heavy atom. The fraction of sp³-hybridized carbons (Fsp3) is 0.833. The molecule has 0 aromatic carbocycles. The molecule has 1 heterocycles. The summed E-state index contributed by atoms with van der Waals surface area (Å²) in [6.45, 7) is 0. The van der Waals surface area contributed by atoms with Crippen molar-refractivity contribution in [2.75, 3.05) is 0 Å². The maximum Gasteiger partial charge on any atom is 0.426 e. The second-order valence-corrected chi connectivity index (χ2v) is 15.2. The van der Waals surface area contributed by atoms with Crippen molar-refractivity contribution in [1.29, 1.82) is 0 Å². The first-order valence-corrected chi connectivity index (χ1v) is 14.7. The largest absolute Gasteiger partial charge is 0.426 e.